The van der Waals surface area contributed by atoms with Gasteiger partial charge in [0.2, 0.25) is 5.90 Å². The van der Waals surface area contributed by atoms with Crippen LogP contribution in [0.15, 0.2) is 89.0 Å². The third-order valence-electron chi connectivity index (χ3n) is 5.38. The fourth-order valence-electron chi connectivity index (χ4n) is 3.80. The molecular formula is C25H22FN3O2. The van der Waals surface area contributed by atoms with Gasteiger partial charge in [-0.15, -0.1) is 0 Å². The van der Waals surface area contributed by atoms with E-state index in [1.807, 2.05) is 71.7 Å². The van der Waals surface area contributed by atoms with Crippen LogP contribution in [0.1, 0.15) is 23.6 Å². The first-order valence-corrected chi connectivity index (χ1v) is 10.3. The first-order chi connectivity index (χ1) is 15.3. The molecule has 1 atom stereocenters. The van der Waals surface area contributed by atoms with Gasteiger partial charge in [-0.05, 0) is 59.7 Å². The van der Waals surface area contributed by atoms with Crippen molar-refractivity contribution >= 4 is 17.3 Å². The second-order valence-corrected chi connectivity index (χ2v) is 7.44. The standard InChI is InChI=1S/C25H22FN3O2/c26-20-10-6-19(7-11-20)24-16-23(28-29(24)21-4-2-1-3-5-21)18-8-12-22(13-9-18)31-17-25-27-14-15-30-25/h1-13,24H,14-17H2. The molecule has 0 radical (unpaired) electrons. The molecule has 1 unspecified atom stereocenters. The molecule has 6 heteroatoms. The molecule has 2 aliphatic heterocycles. The van der Waals surface area contributed by atoms with Gasteiger partial charge in [-0.2, -0.15) is 5.10 Å². The molecule has 0 aliphatic carbocycles. The van der Waals surface area contributed by atoms with E-state index in [2.05, 4.69) is 4.99 Å². The molecular weight excluding hydrogens is 393 g/mol. The van der Waals surface area contributed by atoms with E-state index in [9.17, 15) is 4.39 Å². The molecule has 2 aliphatic rings. The number of halogens is 1. The number of hydrazone groups is 1. The van der Waals surface area contributed by atoms with Gasteiger partial charge in [-0.1, -0.05) is 30.3 Å². The molecule has 0 saturated heterocycles. The van der Waals surface area contributed by atoms with Crippen molar-refractivity contribution in [3.63, 3.8) is 0 Å². The lowest BCUT2D eigenvalue weighted by Crippen LogP contribution is -2.18. The normalized spacial score (nSPS) is 17.8. The van der Waals surface area contributed by atoms with Gasteiger partial charge in [-0.25, -0.2) is 9.38 Å². The Bertz CT molecular complexity index is 1100. The number of hydrogen-bond acceptors (Lipinski definition) is 5. The molecule has 0 fully saturated rings. The minimum atomic E-state index is -0.237. The summed E-state index contributed by atoms with van der Waals surface area (Å²) >= 11 is 0. The van der Waals surface area contributed by atoms with Crippen LogP contribution >= 0.6 is 0 Å². The van der Waals surface area contributed by atoms with Crippen LogP contribution in [-0.4, -0.2) is 31.4 Å². The van der Waals surface area contributed by atoms with Gasteiger partial charge in [0.25, 0.3) is 0 Å². The molecule has 0 saturated carbocycles. The summed E-state index contributed by atoms with van der Waals surface area (Å²) < 4.78 is 24.6. The fourth-order valence-corrected chi connectivity index (χ4v) is 3.80. The summed E-state index contributed by atoms with van der Waals surface area (Å²) in [5.41, 5.74) is 4.05. The maximum atomic E-state index is 13.5. The Balaban J connectivity index is 1.37. The number of benzene rings is 3. The van der Waals surface area contributed by atoms with Gasteiger partial charge in [0.1, 0.15) is 18.2 Å². The summed E-state index contributed by atoms with van der Waals surface area (Å²) in [6.45, 7) is 1.67. The van der Waals surface area contributed by atoms with E-state index >= 15 is 0 Å². The van der Waals surface area contributed by atoms with Crippen molar-refractivity contribution in [1.29, 1.82) is 0 Å². The van der Waals surface area contributed by atoms with Crippen LogP contribution in [-0.2, 0) is 4.74 Å². The van der Waals surface area contributed by atoms with Crippen molar-refractivity contribution in [2.24, 2.45) is 10.1 Å². The van der Waals surface area contributed by atoms with Crippen molar-refractivity contribution in [3.8, 4) is 5.75 Å². The summed E-state index contributed by atoms with van der Waals surface area (Å²) in [5, 5.41) is 6.94. The van der Waals surface area contributed by atoms with Crippen molar-refractivity contribution in [1.82, 2.24) is 0 Å². The Morgan fingerprint density at radius 1 is 0.968 bits per heavy atom. The van der Waals surface area contributed by atoms with Crippen LogP contribution in [0.3, 0.4) is 0 Å². The third-order valence-corrected chi connectivity index (χ3v) is 5.38. The predicted octanol–water partition coefficient (Wildman–Crippen LogP) is 4.99. The van der Waals surface area contributed by atoms with E-state index in [0.29, 0.717) is 25.7 Å². The highest BCUT2D eigenvalue weighted by Gasteiger charge is 2.29. The predicted molar refractivity (Wildman–Crippen MR) is 119 cm³/mol. The Kier molecular flexibility index (Phi) is 5.35. The molecule has 0 spiro atoms. The lowest BCUT2D eigenvalue weighted by molar-refractivity contribution is 0.293. The highest BCUT2D eigenvalue weighted by molar-refractivity contribution is 6.03. The maximum Gasteiger partial charge on any atom is 0.222 e. The number of ether oxygens (including phenoxy) is 2. The summed E-state index contributed by atoms with van der Waals surface area (Å²) in [6.07, 6.45) is 0.728. The molecule has 5 rings (SSSR count). The average Bonchev–Trinajstić information content (AvgIpc) is 3.50. The Morgan fingerprint density at radius 2 is 1.74 bits per heavy atom. The van der Waals surface area contributed by atoms with Gasteiger partial charge < -0.3 is 9.47 Å². The number of aliphatic imine (C=N–C) groups is 1. The Labute approximate surface area is 180 Å². The lowest BCUT2D eigenvalue weighted by Gasteiger charge is -2.23. The van der Waals surface area contributed by atoms with E-state index in [-0.39, 0.29) is 11.9 Å². The van der Waals surface area contributed by atoms with E-state index in [0.717, 1.165) is 34.7 Å². The molecule has 0 amide bonds. The summed E-state index contributed by atoms with van der Waals surface area (Å²) in [4.78, 5) is 4.23. The van der Waals surface area contributed by atoms with Gasteiger partial charge in [0.15, 0.2) is 6.61 Å². The zero-order valence-electron chi connectivity index (χ0n) is 16.9. The Morgan fingerprint density at radius 3 is 2.45 bits per heavy atom. The molecule has 0 aromatic heterocycles. The summed E-state index contributed by atoms with van der Waals surface area (Å²) in [7, 11) is 0. The molecule has 5 nitrogen and oxygen atoms in total. The zero-order chi connectivity index (χ0) is 21.0. The lowest BCUT2D eigenvalue weighted by atomic mass is 9.98. The van der Waals surface area contributed by atoms with Gasteiger partial charge in [0, 0.05) is 6.42 Å². The van der Waals surface area contributed by atoms with Crippen molar-refractivity contribution < 1.29 is 13.9 Å². The van der Waals surface area contributed by atoms with Gasteiger partial charge >= 0.3 is 0 Å². The van der Waals surface area contributed by atoms with E-state index < -0.39 is 0 Å². The van der Waals surface area contributed by atoms with E-state index in [4.69, 9.17) is 14.6 Å². The van der Waals surface area contributed by atoms with Crippen LogP contribution < -0.4 is 9.75 Å². The molecule has 3 aromatic carbocycles. The number of rotatable bonds is 6. The molecule has 3 aromatic rings. The molecule has 2 heterocycles. The fraction of sp³-hybridized carbons (Fsp3) is 0.200. The van der Waals surface area contributed by atoms with Gasteiger partial charge in [0.05, 0.1) is 24.0 Å². The Hall–Kier alpha value is -3.67. The van der Waals surface area contributed by atoms with Crippen molar-refractivity contribution in [2.45, 2.75) is 12.5 Å². The first kappa shape index (κ1) is 19.3. The zero-order valence-corrected chi connectivity index (χ0v) is 16.9. The highest BCUT2D eigenvalue weighted by Crippen LogP contribution is 2.36. The minimum absolute atomic E-state index is 0.00598. The quantitative estimate of drug-likeness (QED) is 0.570. The highest BCUT2D eigenvalue weighted by atomic mass is 19.1. The molecule has 156 valence electrons. The number of hydrogen-bond donors (Lipinski definition) is 0. The number of para-hydroxylation sites is 1. The topological polar surface area (TPSA) is 46.4 Å². The van der Waals surface area contributed by atoms with E-state index in [1.165, 1.54) is 12.1 Å². The largest absolute Gasteiger partial charge is 0.484 e. The first-order valence-electron chi connectivity index (χ1n) is 10.3. The van der Waals surface area contributed by atoms with Crippen LogP contribution in [0.5, 0.6) is 5.75 Å². The van der Waals surface area contributed by atoms with Crippen LogP contribution in [0.4, 0.5) is 10.1 Å². The number of nitrogens with zero attached hydrogens (tertiary/aromatic N) is 3. The summed E-state index contributed by atoms with van der Waals surface area (Å²) in [5.74, 6) is 1.17. The second kappa shape index (κ2) is 8.60. The van der Waals surface area contributed by atoms with Crippen LogP contribution in [0.25, 0.3) is 0 Å². The van der Waals surface area contributed by atoms with Crippen molar-refractivity contribution in [2.75, 3.05) is 24.8 Å². The molecule has 31 heavy (non-hydrogen) atoms. The average molecular weight is 415 g/mol. The maximum absolute atomic E-state index is 13.5. The molecule has 0 bridgehead atoms. The van der Waals surface area contributed by atoms with Gasteiger partial charge in [-0.3, -0.25) is 5.01 Å². The minimum Gasteiger partial charge on any atom is -0.484 e. The van der Waals surface area contributed by atoms with Crippen molar-refractivity contribution in [3.05, 3.63) is 95.8 Å². The summed E-state index contributed by atoms with van der Waals surface area (Å²) in [6, 6.07) is 24.6. The number of anilines is 1. The monoisotopic (exact) mass is 415 g/mol. The third kappa shape index (κ3) is 4.28. The smallest absolute Gasteiger partial charge is 0.222 e. The molecule has 0 N–H and O–H groups in total. The van der Waals surface area contributed by atoms with E-state index in [1.54, 1.807) is 0 Å². The van der Waals surface area contributed by atoms with Crippen LogP contribution in [0, 0.1) is 5.82 Å². The second-order valence-electron chi connectivity index (χ2n) is 7.44. The van der Waals surface area contributed by atoms with Crippen LogP contribution in [0.2, 0.25) is 0 Å². The SMILES string of the molecule is Fc1ccc(C2CC(c3ccc(OCC4=NCCO4)cc3)=NN2c2ccccc2)cc1.